The first-order valence-electron chi connectivity index (χ1n) is 14.8. The second-order valence-electron chi connectivity index (χ2n) is 10.4. The zero-order chi connectivity index (χ0) is 32.5. The zero-order valence-corrected chi connectivity index (χ0v) is 28.3. The van der Waals surface area contributed by atoms with Crippen LogP contribution in [0.5, 0.6) is 0 Å². The molecule has 236 valence electrons. The summed E-state index contributed by atoms with van der Waals surface area (Å²) in [6.07, 6.45) is 5.38. The van der Waals surface area contributed by atoms with Crippen molar-refractivity contribution in [3.8, 4) is 0 Å². The van der Waals surface area contributed by atoms with Crippen LogP contribution in [0.15, 0.2) is 93.9 Å². The Balaban J connectivity index is 1.26. The lowest BCUT2D eigenvalue weighted by Gasteiger charge is -2.13. The van der Waals surface area contributed by atoms with E-state index in [0.717, 1.165) is 51.1 Å². The standard InChI is InChI=1S/C35H32BrN3O5S2/c1-2-44-35(43)31-27-13-6-7-14-29(27)46-34(31)39-30(40)21-45-26-12-8-11-25(20-26)37-33(42)28(19-22-15-17-24(36)18-16-22)38-32(41)23-9-4-3-5-10-23/h3-5,8-12,15-20H,2,6-7,13-14,21H2,1H3,(H,37,42)(H,38,41)(H,39,40)/b28-19+. The number of thiophene rings is 1. The number of ether oxygens (including phenoxy) is 1. The third-order valence-corrected chi connectivity index (χ3v) is 9.81. The van der Waals surface area contributed by atoms with E-state index in [4.69, 9.17) is 4.74 Å². The number of esters is 1. The molecule has 8 nitrogen and oxygen atoms in total. The van der Waals surface area contributed by atoms with Crippen LogP contribution in [0.2, 0.25) is 0 Å². The number of fused-ring (bicyclic) bond motifs is 1. The van der Waals surface area contributed by atoms with Crippen molar-refractivity contribution < 1.29 is 23.9 Å². The number of amides is 3. The largest absolute Gasteiger partial charge is 0.462 e. The van der Waals surface area contributed by atoms with Gasteiger partial charge in [0.2, 0.25) is 5.91 Å². The van der Waals surface area contributed by atoms with Gasteiger partial charge in [0.15, 0.2) is 0 Å². The SMILES string of the molecule is CCOC(=O)c1c(NC(=O)CSc2cccc(NC(=O)/C(=C\c3ccc(Br)cc3)NC(=O)c3ccccc3)c2)sc2c1CCCC2. The molecule has 0 fully saturated rings. The molecule has 0 unspecified atom stereocenters. The van der Waals surface area contributed by atoms with Crippen molar-refractivity contribution in [1.29, 1.82) is 0 Å². The van der Waals surface area contributed by atoms with E-state index in [1.54, 1.807) is 55.5 Å². The van der Waals surface area contributed by atoms with Crippen molar-refractivity contribution in [1.82, 2.24) is 5.32 Å². The van der Waals surface area contributed by atoms with Crippen molar-refractivity contribution in [2.45, 2.75) is 37.5 Å². The summed E-state index contributed by atoms with van der Waals surface area (Å²) in [7, 11) is 0. The maximum absolute atomic E-state index is 13.4. The Hall–Kier alpha value is -4.19. The van der Waals surface area contributed by atoms with Crippen molar-refractivity contribution in [3.63, 3.8) is 0 Å². The van der Waals surface area contributed by atoms with Gasteiger partial charge >= 0.3 is 5.97 Å². The van der Waals surface area contributed by atoms with Crippen LogP contribution in [0.1, 0.15) is 56.5 Å². The average molecular weight is 719 g/mol. The summed E-state index contributed by atoms with van der Waals surface area (Å²) >= 11 is 6.17. The molecule has 4 aromatic rings. The Morgan fingerprint density at radius 3 is 2.46 bits per heavy atom. The first-order valence-corrected chi connectivity index (χ1v) is 17.4. The topological polar surface area (TPSA) is 114 Å². The van der Waals surface area contributed by atoms with E-state index in [1.807, 2.05) is 36.4 Å². The highest BCUT2D eigenvalue weighted by molar-refractivity contribution is 9.10. The van der Waals surface area contributed by atoms with Gasteiger partial charge in [-0.15, -0.1) is 23.1 Å². The predicted molar refractivity (Wildman–Crippen MR) is 187 cm³/mol. The highest BCUT2D eigenvalue weighted by Crippen LogP contribution is 2.38. The highest BCUT2D eigenvalue weighted by atomic mass is 79.9. The van der Waals surface area contributed by atoms with Crippen LogP contribution >= 0.6 is 39.0 Å². The van der Waals surface area contributed by atoms with Crippen LogP contribution in [0, 0.1) is 0 Å². The van der Waals surface area contributed by atoms with E-state index in [-0.39, 0.29) is 24.0 Å². The van der Waals surface area contributed by atoms with Crippen LogP contribution in [-0.2, 0) is 27.2 Å². The summed E-state index contributed by atoms with van der Waals surface area (Å²) < 4.78 is 6.18. The van der Waals surface area contributed by atoms with Crippen molar-refractivity contribution >= 4 is 79.5 Å². The number of halogens is 1. The number of nitrogens with one attached hydrogen (secondary N) is 3. The fraction of sp³-hybridized carbons (Fsp3) is 0.200. The normalized spacial score (nSPS) is 12.5. The van der Waals surface area contributed by atoms with Gasteiger partial charge in [-0.25, -0.2) is 4.79 Å². The van der Waals surface area contributed by atoms with Crippen molar-refractivity contribution in [2.24, 2.45) is 0 Å². The van der Waals surface area contributed by atoms with Crippen LogP contribution in [0.4, 0.5) is 10.7 Å². The number of carbonyl (C=O) groups excluding carboxylic acids is 4. The van der Waals surface area contributed by atoms with Gasteiger partial charge < -0.3 is 20.7 Å². The molecule has 1 heterocycles. The molecule has 1 aliphatic carbocycles. The van der Waals surface area contributed by atoms with E-state index in [9.17, 15) is 19.2 Å². The molecule has 0 radical (unpaired) electrons. The summed E-state index contributed by atoms with van der Waals surface area (Å²) in [4.78, 5) is 54.0. The first-order chi connectivity index (χ1) is 22.3. The lowest BCUT2D eigenvalue weighted by Crippen LogP contribution is -2.30. The molecule has 3 N–H and O–H groups in total. The minimum Gasteiger partial charge on any atom is -0.462 e. The summed E-state index contributed by atoms with van der Waals surface area (Å²) in [5.41, 5.74) is 3.21. The zero-order valence-electron chi connectivity index (χ0n) is 25.1. The van der Waals surface area contributed by atoms with E-state index in [2.05, 4.69) is 31.9 Å². The minimum atomic E-state index is -0.500. The highest BCUT2D eigenvalue weighted by Gasteiger charge is 2.27. The van der Waals surface area contributed by atoms with Gasteiger partial charge in [-0.3, -0.25) is 14.4 Å². The van der Waals surface area contributed by atoms with Gasteiger partial charge in [0.25, 0.3) is 11.8 Å². The van der Waals surface area contributed by atoms with Gasteiger partial charge in [-0.05, 0) is 92.3 Å². The Morgan fingerprint density at radius 1 is 0.935 bits per heavy atom. The van der Waals surface area contributed by atoms with Crippen molar-refractivity contribution in [2.75, 3.05) is 23.0 Å². The Labute approximate surface area is 284 Å². The molecule has 1 aliphatic rings. The molecule has 46 heavy (non-hydrogen) atoms. The molecule has 0 saturated carbocycles. The minimum absolute atomic E-state index is 0.0738. The molecular formula is C35H32BrN3O5S2. The summed E-state index contributed by atoms with van der Waals surface area (Å²) in [6, 6.07) is 23.1. The molecule has 0 spiro atoms. The molecule has 0 aliphatic heterocycles. The van der Waals surface area contributed by atoms with E-state index >= 15 is 0 Å². The maximum Gasteiger partial charge on any atom is 0.341 e. The summed E-state index contributed by atoms with van der Waals surface area (Å²) in [6.45, 7) is 2.03. The Morgan fingerprint density at radius 2 is 1.70 bits per heavy atom. The van der Waals surface area contributed by atoms with Gasteiger partial charge in [-0.2, -0.15) is 0 Å². The van der Waals surface area contributed by atoms with Crippen molar-refractivity contribution in [3.05, 3.63) is 116 Å². The fourth-order valence-electron chi connectivity index (χ4n) is 4.91. The fourth-order valence-corrected chi connectivity index (χ4v) is 7.23. The first kappa shape index (κ1) is 33.2. The average Bonchev–Trinajstić information content (AvgIpc) is 3.43. The van der Waals surface area contributed by atoms with Crippen LogP contribution < -0.4 is 16.0 Å². The number of hydrogen-bond acceptors (Lipinski definition) is 7. The predicted octanol–water partition coefficient (Wildman–Crippen LogP) is 7.71. The lowest BCUT2D eigenvalue weighted by atomic mass is 9.95. The van der Waals surface area contributed by atoms with Gasteiger partial charge in [0.05, 0.1) is 17.9 Å². The lowest BCUT2D eigenvalue weighted by molar-refractivity contribution is -0.114. The third-order valence-electron chi connectivity index (χ3n) is 7.08. The van der Waals surface area contributed by atoms with E-state index < -0.39 is 17.8 Å². The summed E-state index contributed by atoms with van der Waals surface area (Å²) in [5.74, 6) is -1.45. The molecule has 0 saturated heterocycles. The second-order valence-corrected chi connectivity index (χ2v) is 13.5. The third kappa shape index (κ3) is 8.74. The molecule has 3 amide bonds. The molecular weight excluding hydrogens is 686 g/mol. The number of hydrogen-bond donors (Lipinski definition) is 3. The number of thioether (sulfide) groups is 1. The quantitative estimate of drug-likeness (QED) is 0.0833. The molecule has 0 bridgehead atoms. The molecule has 0 atom stereocenters. The molecule has 11 heteroatoms. The molecule has 3 aromatic carbocycles. The Bertz CT molecular complexity index is 1770. The Kier molecular flexibility index (Phi) is 11.5. The second kappa shape index (κ2) is 15.9. The van der Waals surface area contributed by atoms with Crippen LogP contribution in [-0.4, -0.2) is 36.1 Å². The van der Waals surface area contributed by atoms with E-state index in [1.165, 1.54) is 23.1 Å². The maximum atomic E-state index is 13.4. The van der Waals surface area contributed by atoms with Gasteiger partial charge in [-0.1, -0.05) is 52.3 Å². The molecule has 1 aromatic heterocycles. The summed E-state index contributed by atoms with van der Waals surface area (Å²) in [5, 5.41) is 9.08. The van der Waals surface area contributed by atoms with Gasteiger partial charge in [0, 0.05) is 25.5 Å². The molecule has 5 rings (SSSR count). The number of benzene rings is 3. The van der Waals surface area contributed by atoms with Crippen LogP contribution in [0.3, 0.4) is 0 Å². The van der Waals surface area contributed by atoms with Crippen LogP contribution in [0.25, 0.3) is 6.08 Å². The number of anilines is 2. The number of carbonyl (C=O) groups is 4. The number of aryl methyl sites for hydroxylation is 1. The van der Waals surface area contributed by atoms with Gasteiger partial charge in [0.1, 0.15) is 10.7 Å². The number of rotatable bonds is 11. The smallest absolute Gasteiger partial charge is 0.341 e. The monoisotopic (exact) mass is 717 g/mol. The van der Waals surface area contributed by atoms with E-state index in [0.29, 0.717) is 21.8 Å².